The molecule has 1 saturated carbocycles. The molecular weight excluding hydrogens is 264 g/mol. The molecular formula is C16H28N4O. The summed E-state index contributed by atoms with van der Waals surface area (Å²) in [5.74, 6) is 1.07. The van der Waals surface area contributed by atoms with Crippen molar-refractivity contribution >= 4 is 5.69 Å². The first-order chi connectivity index (χ1) is 9.89. The zero-order valence-corrected chi connectivity index (χ0v) is 13.9. The molecule has 1 N–H and O–H groups in total. The number of nitrogens with zero attached hydrogens (tertiary/aromatic N) is 4. The van der Waals surface area contributed by atoms with E-state index in [0.29, 0.717) is 0 Å². The van der Waals surface area contributed by atoms with Crippen LogP contribution in [0.15, 0.2) is 6.20 Å². The Bertz CT molecular complexity index is 483. The van der Waals surface area contributed by atoms with Gasteiger partial charge in [0.1, 0.15) is 5.82 Å². The second-order valence-corrected chi connectivity index (χ2v) is 6.70. The Balaban J connectivity index is 2.20. The fraction of sp³-hybridized carbons (Fsp3) is 0.750. The van der Waals surface area contributed by atoms with Gasteiger partial charge < -0.3 is 14.9 Å². The highest BCUT2D eigenvalue weighted by Crippen LogP contribution is 2.37. The van der Waals surface area contributed by atoms with E-state index in [-0.39, 0.29) is 18.1 Å². The van der Waals surface area contributed by atoms with Crippen molar-refractivity contribution in [2.75, 3.05) is 32.6 Å². The molecule has 0 unspecified atom stereocenters. The van der Waals surface area contributed by atoms with Gasteiger partial charge in [0.25, 0.3) is 0 Å². The van der Waals surface area contributed by atoms with Gasteiger partial charge in [-0.2, -0.15) is 0 Å². The van der Waals surface area contributed by atoms with Crippen molar-refractivity contribution in [3.8, 4) is 0 Å². The van der Waals surface area contributed by atoms with E-state index in [2.05, 4.69) is 54.8 Å². The predicted octanol–water partition coefficient (Wildman–Crippen LogP) is 2.01. The van der Waals surface area contributed by atoms with Crippen molar-refractivity contribution in [2.45, 2.75) is 51.2 Å². The molecule has 5 heteroatoms. The van der Waals surface area contributed by atoms with Crippen molar-refractivity contribution < 1.29 is 5.11 Å². The number of hydrogen-bond acceptors (Lipinski definition) is 5. The summed E-state index contributed by atoms with van der Waals surface area (Å²) in [6.07, 6.45) is 5.60. The molecule has 1 aromatic heterocycles. The first-order valence-corrected chi connectivity index (χ1v) is 7.75. The minimum Gasteiger partial charge on any atom is -0.390 e. The van der Waals surface area contributed by atoms with Crippen LogP contribution in [-0.4, -0.2) is 53.2 Å². The molecule has 1 aliphatic rings. The molecule has 118 valence electrons. The SMILES string of the molecule is CC(C)c1ncc(N(C)CC2(N(C)C)CCC2)c(CO)n1. The fourth-order valence-corrected chi connectivity index (χ4v) is 3.00. The number of hydrogen-bond donors (Lipinski definition) is 1. The van der Waals surface area contributed by atoms with Crippen LogP contribution in [0.25, 0.3) is 0 Å². The molecule has 5 nitrogen and oxygen atoms in total. The third-order valence-electron chi connectivity index (χ3n) is 4.71. The maximum absolute atomic E-state index is 9.62. The Kier molecular flexibility index (Phi) is 4.84. The fourth-order valence-electron chi connectivity index (χ4n) is 3.00. The second-order valence-electron chi connectivity index (χ2n) is 6.70. The van der Waals surface area contributed by atoms with Gasteiger partial charge in [-0.15, -0.1) is 0 Å². The Morgan fingerprint density at radius 1 is 1.29 bits per heavy atom. The monoisotopic (exact) mass is 292 g/mol. The van der Waals surface area contributed by atoms with E-state index < -0.39 is 0 Å². The Morgan fingerprint density at radius 3 is 2.38 bits per heavy atom. The summed E-state index contributed by atoms with van der Waals surface area (Å²) in [6, 6.07) is 0. The van der Waals surface area contributed by atoms with Crippen LogP contribution in [0.4, 0.5) is 5.69 Å². The van der Waals surface area contributed by atoms with E-state index in [9.17, 15) is 5.11 Å². The summed E-state index contributed by atoms with van der Waals surface area (Å²) in [4.78, 5) is 13.5. The van der Waals surface area contributed by atoms with Gasteiger partial charge in [-0.05, 0) is 33.4 Å². The van der Waals surface area contributed by atoms with E-state index in [1.54, 1.807) is 0 Å². The predicted molar refractivity (Wildman–Crippen MR) is 85.6 cm³/mol. The van der Waals surface area contributed by atoms with E-state index in [4.69, 9.17) is 0 Å². The molecule has 0 spiro atoms. The minimum absolute atomic E-state index is 0.0448. The van der Waals surface area contributed by atoms with Crippen LogP contribution in [0, 0.1) is 0 Å². The molecule has 2 rings (SSSR count). The molecule has 1 heterocycles. The molecule has 0 bridgehead atoms. The summed E-state index contributed by atoms with van der Waals surface area (Å²) < 4.78 is 0. The van der Waals surface area contributed by atoms with Gasteiger partial charge in [-0.1, -0.05) is 13.8 Å². The third kappa shape index (κ3) is 3.19. The maximum atomic E-state index is 9.62. The van der Waals surface area contributed by atoms with E-state index in [1.165, 1.54) is 19.3 Å². The van der Waals surface area contributed by atoms with E-state index >= 15 is 0 Å². The van der Waals surface area contributed by atoms with Gasteiger partial charge in [-0.25, -0.2) is 9.97 Å². The number of aliphatic hydroxyl groups excluding tert-OH is 1. The van der Waals surface area contributed by atoms with E-state index in [0.717, 1.165) is 23.8 Å². The number of aromatic nitrogens is 2. The van der Waals surface area contributed by atoms with Gasteiger partial charge in [0.2, 0.25) is 0 Å². The topological polar surface area (TPSA) is 52.5 Å². The molecule has 21 heavy (non-hydrogen) atoms. The average molecular weight is 292 g/mol. The summed E-state index contributed by atoms with van der Waals surface area (Å²) in [5.41, 5.74) is 1.91. The number of likely N-dealkylation sites (N-methyl/N-ethyl adjacent to an activating group) is 2. The van der Waals surface area contributed by atoms with Gasteiger partial charge >= 0.3 is 0 Å². The molecule has 1 aliphatic carbocycles. The molecule has 1 fully saturated rings. The lowest BCUT2D eigenvalue weighted by Crippen LogP contribution is -2.56. The minimum atomic E-state index is -0.0448. The summed E-state index contributed by atoms with van der Waals surface area (Å²) in [6.45, 7) is 5.03. The highest BCUT2D eigenvalue weighted by molar-refractivity contribution is 5.49. The highest BCUT2D eigenvalue weighted by atomic mass is 16.3. The van der Waals surface area contributed by atoms with E-state index in [1.807, 2.05) is 6.20 Å². The molecule has 0 aliphatic heterocycles. The van der Waals surface area contributed by atoms with Crippen LogP contribution >= 0.6 is 0 Å². The summed E-state index contributed by atoms with van der Waals surface area (Å²) in [7, 11) is 6.37. The molecule has 0 atom stereocenters. The van der Waals surface area contributed by atoms with Crippen LogP contribution in [0.2, 0.25) is 0 Å². The summed E-state index contributed by atoms with van der Waals surface area (Å²) in [5, 5.41) is 9.62. The van der Waals surface area contributed by atoms with Gasteiger partial charge in [-0.3, -0.25) is 0 Å². The van der Waals surface area contributed by atoms with Gasteiger partial charge in [0.15, 0.2) is 0 Å². The highest BCUT2D eigenvalue weighted by Gasteiger charge is 2.40. The van der Waals surface area contributed by atoms with Crippen LogP contribution in [0.1, 0.15) is 50.5 Å². The quantitative estimate of drug-likeness (QED) is 0.869. The molecule has 0 aromatic carbocycles. The Morgan fingerprint density at radius 2 is 1.95 bits per heavy atom. The van der Waals surface area contributed by atoms with Gasteiger partial charge in [0.05, 0.1) is 24.2 Å². The van der Waals surface area contributed by atoms with Crippen LogP contribution in [0.5, 0.6) is 0 Å². The molecule has 0 amide bonds. The maximum Gasteiger partial charge on any atom is 0.131 e. The largest absolute Gasteiger partial charge is 0.390 e. The van der Waals surface area contributed by atoms with Crippen molar-refractivity contribution in [3.63, 3.8) is 0 Å². The standard InChI is InChI=1S/C16H28N4O/c1-12(2)15-17-9-14(13(10-21)18-15)20(5)11-16(19(3)4)7-6-8-16/h9,12,21H,6-8,10-11H2,1-5H3. The zero-order chi connectivity index (χ0) is 15.6. The molecule has 0 radical (unpaired) electrons. The number of anilines is 1. The van der Waals surface area contributed by atoms with Crippen LogP contribution in [0.3, 0.4) is 0 Å². The normalized spacial score (nSPS) is 17.1. The average Bonchev–Trinajstić information content (AvgIpc) is 2.41. The van der Waals surface area contributed by atoms with Crippen molar-refractivity contribution in [1.29, 1.82) is 0 Å². The Hall–Kier alpha value is -1.20. The number of rotatable bonds is 6. The van der Waals surface area contributed by atoms with Crippen LogP contribution < -0.4 is 4.90 Å². The molecule has 0 saturated heterocycles. The van der Waals surface area contributed by atoms with Crippen LogP contribution in [-0.2, 0) is 6.61 Å². The first kappa shape index (κ1) is 16.2. The molecule has 1 aromatic rings. The van der Waals surface area contributed by atoms with Crippen molar-refractivity contribution in [3.05, 3.63) is 17.7 Å². The lowest BCUT2D eigenvalue weighted by molar-refractivity contribution is 0.0682. The van der Waals surface area contributed by atoms with Gasteiger partial charge in [0, 0.05) is 25.0 Å². The third-order valence-corrected chi connectivity index (χ3v) is 4.71. The van der Waals surface area contributed by atoms with Crippen molar-refractivity contribution in [1.82, 2.24) is 14.9 Å². The Labute approximate surface area is 128 Å². The second kappa shape index (κ2) is 6.28. The zero-order valence-electron chi connectivity index (χ0n) is 13.9. The van der Waals surface area contributed by atoms with Crippen molar-refractivity contribution in [2.24, 2.45) is 0 Å². The number of aliphatic hydroxyl groups is 1. The summed E-state index contributed by atoms with van der Waals surface area (Å²) >= 11 is 0. The smallest absolute Gasteiger partial charge is 0.131 e. The lowest BCUT2D eigenvalue weighted by Gasteiger charge is -2.49. The lowest BCUT2D eigenvalue weighted by atomic mass is 9.75. The first-order valence-electron chi connectivity index (χ1n) is 7.75.